The van der Waals surface area contributed by atoms with Gasteiger partial charge >= 0.3 is 6.03 Å². The van der Waals surface area contributed by atoms with E-state index in [-0.39, 0.29) is 6.03 Å². The molecule has 0 spiro atoms. The van der Waals surface area contributed by atoms with Crippen LogP contribution < -0.4 is 5.32 Å². The van der Waals surface area contributed by atoms with E-state index in [1.807, 2.05) is 46.1 Å². The fourth-order valence-corrected chi connectivity index (χ4v) is 3.11. The van der Waals surface area contributed by atoms with Crippen molar-refractivity contribution in [1.82, 2.24) is 14.7 Å². The van der Waals surface area contributed by atoms with E-state index in [0.717, 1.165) is 36.2 Å². The van der Waals surface area contributed by atoms with E-state index in [4.69, 9.17) is 0 Å². The molecule has 1 aromatic heterocycles. The second kappa shape index (κ2) is 7.66. The second-order valence-corrected chi connectivity index (χ2v) is 7.18. The monoisotopic (exact) mass is 360 g/mol. The number of rotatable bonds is 6. The van der Waals surface area contributed by atoms with Gasteiger partial charge in [-0.1, -0.05) is 42.0 Å². The van der Waals surface area contributed by atoms with Crippen LogP contribution in [0.3, 0.4) is 0 Å². The van der Waals surface area contributed by atoms with E-state index in [1.165, 1.54) is 5.56 Å². The van der Waals surface area contributed by atoms with Crippen molar-refractivity contribution >= 4 is 11.7 Å². The molecule has 0 aliphatic heterocycles. The highest BCUT2D eigenvalue weighted by Crippen LogP contribution is 2.29. The standard InChI is InChI=1S/C22H24N4O/c1-17-3-5-19(6-4-17)16-26(21-11-12-21)22(27)24-20-9-7-18(8-10-20)15-25-14-2-13-23-25/h2-10,13-14,21H,11-12,15-16H2,1H3,(H,24,27). The lowest BCUT2D eigenvalue weighted by Crippen LogP contribution is -2.36. The number of aromatic nitrogens is 2. The predicted molar refractivity (Wildman–Crippen MR) is 107 cm³/mol. The molecule has 1 heterocycles. The van der Waals surface area contributed by atoms with Crippen LogP contribution in [-0.2, 0) is 13.1 Å². The van der Waals surface area contributed by atoms with Crippen molar-refractivity contribution in [2.45, 2.75) is 38.9 Å². The minimum absolute atomic E-state index is 0.0297. The van der Waals surface area contributed by atoms with Gasteiger partial charge in [-0.25, -0.2) is 4.79 Å². The molecule has 1 N–H and O–H groups in total. The van der Waals surface area contributed by atoms with Crippen LogP contribution >= 0.6 is 0 Å². The number of nitrogens with zero attached hydrogens (tertiary/aromatic N) is 3. The summed E-state index contributed by atoms with van der Waals surface area (Å²) in [6.45, 7) is 3.45. The number of amides is 2. The third kappa shape index (κ3) is 4.56. The first-order chi connectivity index (χ1) is 13.2. The summed E-state index contributed by atoms with van der Waals surface area (Å²) in [6, 6.07) is 18.6. The topological polar surface area (TPSA) is 50.2 Å². The van der Waals surface area contributed by atoms with Gasteiger partial charge in [0.15, 0.2) is 0 Å². The van der Waals surface area contributed by atoms with Crippen LogP contribution in [0.4, 0.5) is 10.5 Å². The van der Waals surface area contributed by atoms with E-state index < -0.39 is 0 Å². The number of aryl methyl sites for hydroxylation is 1. The number of hydrogen-bond acceptors (Lipinski definition) is 2. The van der Waals surface area contributed by atoms with Gasteiger partial charge in [-0.05, 0) is 49.1 Å². The molecule has 3 aromatic rings. The highest BCUT2D eigenvalue weighted by atomic mass is 16.2. The molecule has 0 radical (unpaired) electrons. The van der Waals surface area contributed by atoms with Gasteiger partial charge in [0.2, 0.25) is 0 Å². The number of carbonyl (C=O) groups excluding carboxylic acids is 1. The third-order valence-corrected chi connectivity index (χ3v) is 4.83. The van der Waals surface area contributed by atoms with Gasteiger partial charge in [0.05, 0.1) is 6.54 Å². The van der Waals surface area contributed by atoms with Crippen LogP contribution in [0.1, 0.15) is 29.5 Å². The molecule has 2 amide bonds. The van der Waals surface area contributed by atoms with Crippen LogP contribution in [0.25, 0.3) is 0 Å². The molecule has 5 nitrogen and oxygen atoms in total. The van der Waals surface area contributed by atoms with Gasteiger partial charge in [-0.2, -0.15) is 5.10 Å². The predicted octanol–water partition coefficient (Wildman–Crippen LogP) is 4.44. The Hall–Kier alpha value is -3.08. The lowest BCUT2D eigenvalue weighted by atomic mass is 10.1. The van der Waals surface area contributed by atoms with Crippen molar-refractivity contribution in [1.29, 1.82) is 0 Å². The third-order valence-electron chi connectivity index (χ3n) is 4.83. The van der Waals surface area contributed by atoms with Crippen molar-refractivity contribution in [3.8, 4) is 0 Å². The summed E-state index contributed by atoms with van der Waals surface area (Å²) in [5, 5.41) is 7.26. The summed E-state index contributed by atoms with van der Waals surface area (Å²) < 4.78 is 1.88. The quantitative estimate of drug-likeness (QED) is 0.707. The summed E-state index contributed by atoms with van der Waals surface area (Å²) >= 11 is 0. The molecule has 1 saturated carbocycles. The highest BCUT2D eigenvalue weighted by Gasteiger charge is 2.32. The summed E-state index contributed by atoms with van der Waals surface area (Å²) in [7, 11) is 0. The zero-order valence-corrected chi connectivity index (χ0v) is 15.5. The number of benzene rings is 2. The van der Waals surface area contributed by atoms with Crippen LogP contribution in [0.15, 0.2) is 67.0 Å². The van der Waals surface area contributed by atoms with Gasteiger partial charge in [-0.3, -0.25) is 4.68 Å². The van der Waals surface area contributed by atoms with Crippen LogP contribution in [0.5, 0.6) is 0 Å². The fourth-order valence-electron chi connectivity index (χ4n) is 3.11. The first kappa shape index (κ1) is 17.3. The molecule has 1 fully saturated rings. The van der Waals surface area contributed by atoms with E-state index >= 15 is 0 Å². The summed E-state index contributed by atoms with van der Waals surface area (Å²) in [5.41, 5.74) is 4.36. The molecule has 1 aliphatic rings. The molecule has 0 unspecified atom stereocenters. The van der Waals surface area contributed by atoms with Crippen molar-refractivity contribution in [3.05, 3.63) is 83.7 Å². The summed E-state index contributed by atoms with van der Waals surface area (Å²) in [6.07, 6.45) is 5.88. The van der Waals surface area contributed by atoms with Crippen molar-refractivity contribution in [2.24, 2.45) is 0 Å². The molecule has 5 heteroatoms. The second-order valence-electron chi connectivity index (χ2n) is 7.18. The lowest BCUT2D eigenvalue weighted by Gasteiger charge is -2.23. The maximum absolute atomic E-state index is 12.8. The van der Waals surface area contributed by atoms with Crippen LogP contribution in [0, 0.1) is 6.92 Å². The Labute approximate surface area is 159 Å². The van der Waals surface area contributed by atoms with Crippen molar-refractivity contribution in [3.63, 3.8) is 0 Å². The molecular formula is C22H24N4O. The minimum atomic E-state index is -0.0297. The zero-order valence-electron chi connectivity index (χ0n) is 15.5. The Bertz CT molecular complexity index is 881. The highest BCUT2D eigenvalue weighted by molar-refractivity contribution is 5.89. The van der Waals surface area contributed by atoms with Gasteiger partial charge in [0.25, 0.3) is 0 Å². The lowest BCUT2D eigenvalue weighted by molar-refractivity contribution is 0.206. The van der Waals surface area contributed by atoms with Gasteiger partial charge in [0.1, 0.15) is 0 Å². The average molecular weight is 360 g/mol. The summed E-state index contributed by atoms with van der Waals surface area (Å²) in [5.74, 6) is 0. The van der Waals surface area contributed by atoms with Gasteiger partial charge in [-0.15, -0.1) is 0 Å². The Morgan fingerprint density at radius 1 is 1.11 bits per heavy atom. The average Bonchev–Trinajstić information content (AvgIpc) is 3.39. The largest absolute Gasteiger partial charge is 0.322 e. The number of nitrogens with one attached hydrogen (secondary N) is 1. The molecule has 27 heavy (non-hydrogen) atoms. The van der Waals surface area contributed by atoms with E-state index in [0.29, 0.717) is 12.6 Å². The molecule has 1 aliphatic carbocycles. The van der Waals surface area contributed by atoms with Gasteiger partial charge < -0.3 is 10.2 Å². The Balaban J connectivity index is 1.39. The molecule has 4 rings (SSSR count). The Kier molecular flexibility index (Phi) is 4.92. The first-order valence-electron chi connectivity index (χ1n) is 9.37. The molecule has 0 saturated heterocycles. The molecule has 0 bridgehead atoms. The van der Waals surface area contributed by atoms with E-state index in [2.05, 4.69) is 41.6 Å². The maximum Gasteiger partial charge on any atom is 0.322 e. The fraction of sp³-hybridized carbons (Fsp3) is 0.273. The number of hydrogen-bond donors (Lipinski definition) is 1. The Morgan fingerprint density at radius 2 is 1.81 bits per heavy atom. The molecule has 138 valence electrons. The molecular weight excluding hydrogens is 336 g/mol. The van der Waals surface area contributed by atoms with Crippen LogP contribution in [0.2, 0.25) is 0 Å². The number of carbonyl (C=O) groups is 1. The van der Waals surface area contributed by atoms with Crippen LogP contribution in [-0.4, -0.2) is 26.8 Å². The smallest absolute Gasteiger partial charge is 0.317 e. The number of anilines is 1. The molecule has 2 aromatic carbocycles. The SMILES string of the molecule is Cc1ccc(CN(C(=O)Nc2ccc(Cn3cccn3)cc2)C2CC2)cc1. The first-order valence-corrected chi connectivity index (χ1v) is 9.37. The van der Waals surface area contributed by atoms with Gasteiger partial charge in [0, 0.05) is 30.7 Å². The number of urea groups is 1. The summed E-state index contributed by atoms with van der Waals surface area (Å²) in [4.78, 5) is 14.8. The minimum Gasteiger partial charge on any atom is -0.317 e. The normalized spacial score (nSPS) is 13.4. The molecule has 0 atom stereocenters. The zero-order chi connectivity index (χ0) is 18.6. The van der Waals surface area contributed by atoms with Crippen molar-refractivity contribution < 1.29 is 4.79 Å². The van der Waals surface area contributed by atoms with Crippen molar-refractivity contribution in [2.75, 3.05) is 5.32 Å². The maximum atomic E-state index is 12.8. The van der Waals surface area contributed by atoms with E-state index in [9.17, 15) is 4.79 Å². The van der Waals surface area contributed by atoms with E-state index in [1.54, 1.807) is 6.20 Å². The Morgan fingerprint density at radius 3 is 2.44 bits per heavy atom.